The molecule has 0 saturated heterocycles. The lowest BCUT2D eigenvalue weighted by Crippen LogP contribution is -2.36. The molecule has 5 rings (SSSR count). The fourth-order valence-electron chi connectivity index (χ4n) is 4.45. The maximum absolute atomic E-state index is 13.3. The number of hydrogen-bond donors (Lipinski definition) is 3. The van der Waals surface area contributed by atoms with Crippen molar-refractivity contribution in [3.8, 4) is 28.4 Å². The molecule has 4 aromatic carbocycles. The molecule has 0 aliphatic heterocycles. The van der Waals surface area contributed by atoms with Crippen molar-refractivity contribution in [1.82, 2.24) is 0 Å². The van der Waals surface area contributed by atoms with E-state index >= 15 is 0 Å². The van der Waals surface area contributed by atoms with Crippen LogP contribution in [0.1, 0.15) is 11.1 Å². The minimum absolute atomic E-state index is 0.0129. The number of aromatic hydroxyl groups is 1. The van der Waals surface area contributed by atoms with Crippen molar-refractivity contribution in [2.75, 3.05) is 0 Å². The number of nitrogens with two attached hydrogens (primary N) is 2. The smallest absolute Gasteiger partial charge is 0.328 e. The summed E-state index contributed by atoms with van der Waals surface area (Å²) in [7, 11) is 0. The molecule has 212 valence electrons. The fraction of sp³-hybridized carbons (Fsp3) is 0.121. The summed E-state index contributed by atoms with van der Waals surface area (Å²) in [6.45, 7) is 0. The Morgan fingerprint density at radius 2 is 1.26 bits per heavy atom. The summed E-state index contributed by atoms with van der Waals surface area (Å²) in [6, 6.07) is 25.6. The molecule has 0 aliphatic rings. The van der Waals surface area contributed by atoms with Gasteiger partial charge in [-0.3, -0.25) is 4.79 Å². The molecule has 5 N–H and O–H groups in total. The monoisotopic (exact) mass is 564 g/mol. The number of carbonyl (C=O) groups is 2. The summed E-state index contributed by atoms with van der Waals surface area (Å²) in [5, 5.41) is 10.6. The van der Waals surface area contributed by atoms with Gasteiger partial charge in [-0.15, -0.1) is 0 Å². The standard InChI is InChI=1S/C33H28N2O7/c34-26(15-20-7-3-1-4-8-20)32(38)41-23-13-11-22(12-14-23)25-19-40-29-18-24(17-28(36)30(29)31(25)37)42-33(39)27(35)16-21-9-5-2-6-10-21/h1-14,17-19,26-27,36H,15-16,34-35H2. The van der Waals surface area contributed by atoms with Gasteiger partial charge in [0.25, 0.3) is 0 Å². The van der Waals surface area contributed by atoms with Crippen molar-refractivity contribution in [1.29, 1.82) is 0 Å². The lowest BCUT2D eigenvalue weighted by atomic mass is 10.0. The maximum Gasteiger partial charge on any atom is 0.328 e. The van der Waals surface area contributed by atoms with Gasteiger partial charge in [0.05, 0.1) is 5.56 Å². The van der Waals surface area contributed by atoms with E-state index in [-0.39, 0.29) is 34.5 Å². The number of hydrogen-bond acceptors (Lipinski definition) is 9. The molecule has 0 saturated carbocycles. The molecule has 1 heterocycles. The summed E-state index contributed by atoms with van der Waals surface area (Å²) >= 11 is 0. The van der Waals surface area contributed by atoms with Crippen LogP contribution in [0.5, 0.6) is 17.2 Å². The molecule has 2 atom stereocenters. The molecular formula is C33H28N2O7. The second-order valence-electron chi connectivity index (χ2n) is 9.75. The van der Waals surface area contributed by atoms with Crippen LogP contribution in [0, 0.1) is 0 Å². The second-order valence-corrected chi connectivity index (χ2v) is 9.75. The molecule has 0 bridgehead atoms. The van der Waals surface area contributed by atoms with Crippen molar-refractivity contribution >= 4 is 22.9 Å². The number of benzene rings is 4. The number of phenols is 1. The zero-order chi connectivity index (χ0) is 29.6. The Hall–Kier alpha value is -5.25. The molecule has 2 unspecified atom stereocenters. The van der Waals surface area contributed by atoms with E-state index in [1.165, 1.54) is 24.5 Å². The van der Waals surface area contributed by atoms with E-state index in [0.717, 1.165) is 17.2 Å². The number of carbonyl (C=O) groups excluding carboxylic acids is 2. The highest BCUT2D eigenvalue weighted by Crippen LogP contribution is 2.31. The number of esters is 2. The van der Waals surface area contributed by atoms with Crippen molar-refractivity contribution in [3.63, 3.8) is 0 Å². The van der Waals surface area contributed by atoms with Crippen LogP contribution in [0.3, 0.4) is 0 Å². The first kappa shape index (κ1) is 28.3. The van der Waals surface area contributed by atoms with Gasteiger partial charge in [-0.05, 0) is 41.7 Å². The van der Waals surface area contributed by atoms with Crippen LogP contribution >= 0.6 is 0 Å². The van der Waals surface area contributed by atoms with Gasteiger partial charge in [0.15, 0.2) is 0 Å². The van der Waals surface area contributed by atoms with Crippen LogP contribution in [0.25, 0.3) is 22.1 Å². The van der Waals surface area contributed by atoms with Gasteiger partial charge in [-0.25, -0.2) is 9.59 Å². The number of fused-ring (bicyclic) bond motifs is 1. The van der Waals surface area contributed by atoms with Gasteiger partial charge in [-0.2, -0.15) is 0 Å². The van der Waals surface area contributed by atoms with E-state index in [2.05, 4.69) is 0 Å². The van der Waals surface area contributed by atoms with Crippen LogP contribution in [-0.4, -0.2) is 29.1 Å². The Balaban J connectivity index is 1.28. The average molecular weight is 565 g/mol. The summed E-state index contributed by atoms with van der Waals surface area (Å²) in [5.74, 6) is -1.45. The highest BCUT2D eigenvalue weighted by atomic mass is 16.5. The second kappa shape index (κ2) is 12.5. The summed E-state index contributed by atoms with van der Waals surface area (Å²) in [4.78, 5) is 38.2. The van der Waals surface area contributed by atoms with Crippen LogP contribution < -0.4 is 26.4 Å². The molecule has 0 amide bonds. The minimum atomic E-state index is -0.929. The van der Waals surface area contributed by atoms with Crippen LogP contribution in [0.15, 0.2) is 113 Å². The Kier molecular flexibility index (Phi) is 8.42. The molecule has 5 aromatic rings. The van der Waals surface area contributed by atoms with Gasteiger partial charge < -0.3 is 30.5 Å². The fourth-order valence-corrected chi connectivity index (χ4v) is 4.45. The third-order valence-electron chi connectivity index (χ3n) is 6.63. The predicted octanol–water partition coefficient (Wildman–Crippen LogP) is 4.12. The SMILES string of the molecule is NC(Cc1ccccc1)C(=O)Oc1ccc(-c2coc3cc(OC(=O)C(N)Cc4ccccc4)cc(O)c3c2=O)cc1. The van der Waals surface area contributed by atoms with E-state index in [4.69, 9.17) is 25.4 Å². The molecule has 1 aromatic heterocycles. The van der Waals surface area contributed by atoms with Gasteiger partial charge in [0, 0.05) is 12.1 Å². The molecular weight excluding hydrogens is 536 g/mol. The topological polar surface area (TPSA) is 155 Å². The zero-order valence-corrected chi connectivity index (χ0v) is 22.4. The van der Waals surface area contributed by atoms with Crippen molar-refractivity contribution in [2.45, 2.75) is 24.9 Å². The third-order valence-corrected chi connectivity index (χ3v) is 6.63. The lowest BCUT2D eigenvalue weighted by molar-refractivity contribution is -0.136. The first-order valence-electron chi connectivity index (χ1n) is 13.2. The van der Waals surface area contributed by atoms with E-state index in [0.29, 0.717) is 12.0 Å². The number of ether oxygens (including phenoxy) is 2. The Bertz CT molecular complexity index is 1770. The molecule has 0 fully saturated rings. The maximum atomic E-state index is 13.3. The van der Waals surface area contributed by atoms with Gasteiger partial charge in [-0.1, -0.05) is 72.8 Å². The number of phenolic OH excluding ortho intramolecular Hbond substituents is 1. The van der Waals surface area contributed by atoms with E-state index < -0.39 is 35.2 Å². The first-order valence-corrected chi connectivity index (χ1v) is 13.2. The quantitative estimate of drug-likeness (QED) is 0.177. The zero-order valence-electron chi connectivity index (χ0n) is 22.4. The van der Waals surface area contributed by atoms with Gasteiger partial charge >= 0.3 is 11.9 Å². The molecule has 9 nitrogen and oxygen atoms in total. The Morgan fingerprint density at radius 1 is 0.738 bits per heavy atom. The van der Waals surface area contributed by atoms with Crippen molar-refractivity contribution in [2.24, 2.45) is 11.5 Å². The lowest BCUT2D eigenvalue weighted by Gasteiger charge is -2.13. The van der Waals surface area contributed by atoms with Crippen molar-refractivity contribution < 1.29 is 28.6 Å². The summed E-state index contributed by atoms with van der Waals surface area (Å²) in [6.07, 6.45) is 1.85. The molecule has 0 aliphatic carbocycles. The minimum Gasteiger partial charge on any atom is -0.507 e. The van der Waals surface area contributed by atoms with E-state index in [9.17, 15) is 19.5 Å². The highest BCUT2D eigenvalue weighted by molar-refractivity contribution is 5.89. The normalized spacial score (nSPS) is 12.4. The average Bonchev–Trinajstić information content (AvgIpc) is 2.98. The van der Waals surface area contributed by atoms with Crippen molar-refractivity contribution in [3.05, 3.63) is 125 Å². The van der Waals surface area contributed by atoms with Gasteiger partial charge in [0.2, 0.25) is 5.43 Å². The Morgan fingerprint density at radius 3 is 1.81 bits per heavy atom. The van der Waals surface area contributed by atoms with Crippen LogP contribution in [-0.2, 0) is 22.4 Å². The first-order chi connectivity index (χ1) is 20.3. The number of rotatable bonds is 9. The Labute approximate surface area is 240 Å². The summed E-state index contributed by atoms with van der Waals surface area (Å²) in [5.41, 5.74) is 14.0. The highest BCUT2D eigenvalue weighted by Gasteiger charge is 2.20. The molecule has 0 spiro atoms. The summed E-state index contributed by atoms with van der Waals surface area (Å²) < 4.78 is 16.4. The van der Waals surface area contributed by atoms with E-state index in [1.54, 1.807) is 12.1 Å². The molecule has 42 heavy (non-hydrogen) atoms. The predicted molar refractivity (Wildman–Crippen MR) is 157 cm³/mol. The van der Waals surface area contributed by atoms with Crippen LogP contribution in [0.2, 0.25) is 0 Å². The third kappa shape index (κ3) is 6.55. The van der Waals surface area contributed by atoms with Gasteiger partial charge in [0.1, 0.15) is 46.6 Å². The molecule has 9 heteroatoms. The largest absolute Gasteiger partial charge is 0.507 e. The molecule has 0 radical (unpaired) electrons. The van der Waals surface area contributed by atoms with E-state index in [1.807, 2.05) is 60.7 Å². The van der Waals surface area contributed by atoms with Crippen LogP contribution in [0.4, 0.5) is 0 Å².